The molecule has 0 heterocycles. The molecule has 0 atom stereocenters. The van der Waals surface area contributed by atoms with Gasteiger partial charge in [-0.05, 0) is 42.2 Å². The normalized spacial score (nSPS) is 10.2. The molecule has 0 aliphatic rings. The van der Waals surface area contributed by atoms with Crippen LogP contribution in [0.1, 0.15) is 24.5 Å². The third kappa shape index (κ3) is 5.95. The highest BCUT2D eigenvalue weighted by Gasteiger charge is 2.10. The quantitative estimate of drug-likeness (QED) is 0.726. The van der Waals surface area contributed by atoms with Crippen LogP contribution in [0.15, 0.2) is 48.5 Å². The van der Waals surface area contributed by atoms with Gasteiger partial charge in [0.25, 0.3) is 0 Å². The number of rotatable bonds is 8. The van der Waals surface area contributed by atoms with Crippen LogP contribution in [-0.2, 0) is 22.4 Å². The lowest BCUT2D eigenvalue weighted by Crippen LogP contribution is -2.29. The molecule has 2 N–H and O–H groups in total. The number of nitrogens with one attached hydrogen (secondary N) is 2. The van der Waals surface area contributed by atoms with Crippen molar-refractivity contribution in [2.75, 3.05) is 19.0 Å². The highest BCUT2D eigenvalue weighted by molar-refractivity contribution is 6.03. The average Bonchev–Trinajstić information content (AvgIpc) is 2.62. The molecule has 132 valence electrons. The number of hydrogen-bond acceptors (Lipinski definition) is 3. The minimum atomic E-state index is -0.303. The highest BCUT2D eigenvalue weighted by atomic mass is 16.5. The number of amides is 2. The lowest BCUT2D eigenvalue weighted by molar-refractivity contribution is -0.126. The summed E-state index contributed by atoms with van der Waals surface area (Å²) in [6, 6.07) is 15.3. The van der Waals surface area contributed by atoms with E-state index in [1.807, 2.05) is 55.5 Å². The zero-order valence-electron chi connectivity index (χ0n) is 14.7. The molecule has 0 unspecified atom stereocenters. The first-order valence-electron chi connectivity index (χ1n) is 8.39. The Bertz CT molecular complexity index is 711. The van der Waals surface area contributed by atoms with E-state index in [9.17, 15) is 9.59 Å². The van der Waals surface area contributed by atoms with Crippen LogP contribution in [0.5, 0.6) is 5.75 Å². The molecule has 2 aromatic carbocycles. The molecule has 0 spiro atoms. The molecular weight excluding hydrogens is 316 g/mol. The third-order valence-electron chi connectivity index (χ3n) is 3.89. The van der Waals surface area contributed by atoms with E-state index < -0.39 is 0 Å². The van der Waals surface area contributed by atoms with E-state index >= 15 is 0 Å². The van der Waals surface area contributed by atoms with Gasteiger partial charge in [-0.15, -0.1) is 0 Å². The van der Waals surface area contributed by atoms with Crippen molar-refractivity contribution in [3.05, 3.63) is 59.7 Å². The number of carbonyl (C=O) groups excluding carboxylic acids is 2. The number of benzene rings is 2. The topological polar surface area (TPSA) is 67.4 Å². The molecule has 0 radical (unpaired) electrons. The van der Waals surface area contributed by atoms with Crippen LogP contribution in [0, 0.1) is 0 Å². The van der Waals surface area contributed by atoms with Crippen LogP contribution < -0.4 is 15.4 Å². The smallest absolute Gasteiger partial charge is 0.233 e. The van der Waals surface area contributed by atoms with Crippen molar-refractivity contribution in [2.45, 2.75) is 26.2 Å². The lowest BCUT2D eigenvalue weighted by Gasteiger charge is -2.10. The predicted octanol–water partition coefficient (Wildman–Crippen LogP) is 2.95. The zero-order chi connectivity index (χ0) is 18.1. The van der Waals surface area contributed by atoms with Crippen molar-refractivity contribution >= 4 is 17.5 Å². The van der Waals surface area contributed by atoms with E-state index in [2.05, 4.69) is 10.6 Å². The van der Waals surface area contributed by atoms with Gasteiger partial charge in [0.1, 0.15) is 12.2 Å². The summed E-state index contributed by atoms with van der Waals surface area (Å²) >= 11 is 0. The molecule has 0 saturated carbocycles. The summed E-state index contributed by atoms with van der Waals surface area (Å²) in [5, 5.41) is 5.57. The summed E-state index contributed by atoms with van der Waals surface area (Å²) in [5.74, 6) is 0.222. The van der Waals surface area contributed by atoms with Gasteiger partial charge in [0.15, 0.2) is 0 Å². The standard InChI is InChI=1S/C20H24N2O3/c1-3-16-6-4-5-7-18(16)22-20(24)14-19(23)21-13-12-15-8-10-17(25-2)11-9-15/h4-11H,3,12-14H2,1-2H3,(H,21,23)(H,22,24). The van der Waals surface area contributed by atoms with E-state index in [-0.39, 0.29) is 18.2 Å². The summed E-state index contributed by atoms with van der Waals surface area (Å²) in [4.78, 5) is 23.9. The van der Waals surface area contributed by atoms with Crippen LogP contribution in [0.3, 0.4) is 0 Å². The fraction of sp³-hybridized carbons (Fsp3) is 0.300. The van der Waals surface area contributed by atoms with Crippen molar-refractivity contribution in [1.29, 1.82) is 0 Å². The van der Waals surface area contributed by atoms with Gasteiger partial charge in [-0.1, -0.05) is 37.3 Å². The number of ether oxygens (including phenoxy) is 1. The average molecular weight is 340 g/mol. The maximum Gasteiger partial charge on any atom is 0.233 e. The Morgan fingerprint density at radius 3 is 2.40 bits per heavy atom. The lowest BCUT2D eigenvalue weighted by atomic mass is 10.1. The molecule has 0 fully saturated rings. The van der Waals surface area contributed by atoms with Crippen LogP contribution >= 0.6 is 0 Å². The highest BCUT2D eigenvalue weighted by Crippen LogP contribution is 2.15. The monoisotopic (exact) mass is 340 g/mol. The number of carbonyl (C=O) groups is 2. The summed E-state index contributed by atoms with van der Waals surface area (Å²) in [5.41, 5.74) is 2.92. The second-order valence-electron chi connectivity index (χ2n) is 5.68. The van der Waals surface area contributed by atoms with Crippen molar-refractivity contribution in [1.82, 2.24) is 5.32 Å². The first kappa shape index (κ1) is 18.5. The third-order valence-corrected chi connectivity index (χ3v) is 3.89. The van der Waals surface area contributed by atoms with E-state index in [4.69, 9.17) is 4.74 Å². The van der Waals surface area contributed by atoms with Gasteiger partial charge >= 0.3 is 0 Å². The Labute approximate surface area is 148 Å². The predicted molar refractivity (Wildman–Crippen MR) is 98.8 cm³/mol. The van der Waals surface area contributed by atoms with E-state index in [1.165, 1.54) is 0 Å². The Morgan fingerprint density at radius 2 is 1.72 bits per heavy atom. The second kappa shape index (κ2) is 9.47. The molecular formula is C20H24N2O3. The van der Waals surface area contributed by atoms with Crippen molar-refractivity contribution in [3.8, 4) is 5.75 Å². The van der Waals surface area contributed by atoms with Gasteiger partial charge in [-0.3, -0.25) is 9.59 Å². The zero-order valence-corrected chi connectivity index (χ0v) is 14.7. The molecule has 0 bridgehead atoms. The Kier molecular flexibility index (Phi) is 7.01. The summed E-state index contributed by atoms with van der Waals surface area (Å²) in [7, 11) is 1.62. The first-order chi connectivity index (χ1) is 12.1. The van der Waals surface area contributed by atoms with Crippen LogP contribution in [0.25, 0.3) is 0 Å². The van der Waals surface area contributed by atoms with Gasteiger partial charge in [-0.2, -0.15) is 0 Å². The van der Waals surface area contributed by atoms with Gasteiger partial charge < -0.3 is 15.4 Å². The molecule has 5 nitrogen and oxygen atoms in total. The van der Waals surface area contributed by atoms with Gasteiger partial charge in [0.05, 0.1) is 7.11 Å². The molecule has 2 amide bonds. The minimum absolute atomic E-state index is 0.180. The molecule has 0 aliphatic heterocycles. The number of aryl methyl sites for hydroxylation is 1. The molecule has 0 aliphatic carbocycles. The molecule has 5 heteroatoms. The largest absolute Gasteiger partial charge is 0.497 e. The van der Waals surface area contributed by atoms with Gasteiger partial charge in [0, 0.05) is 12.2 Å². The Balaban J connectivity index is 1.74. The van der Waals surface area contributed by atoms with Crippen LogP contribution in [-0.4, -0.2) is 25.5 Å². The maximum atomic E-state index is 12.0. The molecule has 0 saturated heterocycles. The number of anilines is 1. The van der Waals surface area contributed by atoms with Crippen molar-refractivity contribution in [3.63, 3.8) is 0 Å². The maximum absolute atomic E-state index is 12.0. The Morgan fingerprint density at radius 1 is 1.00 bits per heavy atom. The SMILES string of the molecule is CCc1ccccc1NC(=O)CC(=O)NCCc1ccc(OC)cc1. The first-order valence-corrected chi connectivity index (χ1v) is 8.39. The van der Waals surface area contributed by atoms with Gasteiger partial charge in [-0.25, -0.2) is 0 Å². The van der Waals surface area contributed by atoms with E-state index in [0.717, 1.165) is 29.0 Å². The minimum Gasteiger partial charge on any atom is -0.497 e. The summed E-state index contributed by atoms with van der Waals surface area (Å²) in [6.45, 7) is 2.51. The summed E-state index contributed by atoms with van der Waals surface area (Å²) in [6.07, 6.45) is 1.35. The van der Waals surface area contributed by atoms with Crippen molar-refractivity contribution < 1.29 is 14.3 Å². The van der Waals surface area contributed by atoms with Crippen LogP contribution in [0.4, 0.5) is 5.69 Å². The number of para-hydroxylation sites is 1. The van der Waals surface area contributed by atoms with E-state index in [0.29, 0.717) is 13.0 Å². The fourth-order valence-corrected chi connectivity index (χ4v) is 2.49. The number of methoxy groups -OCH3 is 1. The van der Waals surface area contributed by atoms with Crippen molar-refractivity contribution in [2.24, 2.45) is 0 Å². The Hall–Kier alpha value is -2.82. The molecule has 2 rings (SSSR count). The molecule has 2 aromatic rings. The van der Waals surface area contributed by atoms with Crippen LogP contribution in [0.2, 0.25) is 0 Å². The van der Waals surface area contributed by atoms with E-state index in [1.54, 1.807) is 7.11 Å². The molecule has 25 heavy (non-hydrogen) atoms. The summed E-state index contributed by atoms with van der Waals surface area (Å²) < 4.78 is 5.11. The van der Waals surface area contributed by atoms with Gasteiger partial charge in [0.2, 0.25) is 11.8 Å². The fourth-order valence-electron chi connectivity index (χ4n) is 2.49. The number of hydrogen-bond donors (Lipinski definition) is 2. The molecule has 0 aromatic heterocycles. The second-order valence-corrected chi connectivity index (χ2v) is 5.68.